The smallest absolute Gasteiger partial charge is 0.243 e. The zero-order valence-corrected chi connectivity index (χ0v) is 13.3. The molecule has 0 aromatic rings. The van der Waals surface area contributed by atoms with Crippen molar-refractivity contribution in [2.75, 3.05) is 13.2 Å². The van der Waals surface area contributed by atoms with Gasteiger partial charge >= 0.3 is 0 Å². The molecule has 2 heterocycles. The normalized spacial score (nSPS) is 47.7. The topological polar surface area (TPSA) is 55.6 Å². The molecule has 4 fully saturated rings. The Labute approximate surface area is 127 Å². The van der Waals surface area contributed by atoms with Gasteiger partial charge in [-0.2, -0.15) is 0 Å². The number of hydrogen-bond donors (Lipinski definition) is 1. The maximum atomic E-state index is 13.3. The number of carbonyl (C=O) groups excluding carboxylic acids is 1. The number of fused-ring (bicyclic) bond motifs is 2. The van der Waals surface area contributed by atoms with Gasteiger partial charge in [0.1, 0.15) is 5.54 Å². The van der Waals surface area contributed by atoms with Crippen molar-refractivity contribution in [2.45, 2.75) is 70.1 Å². The summed E-state index contributed by atoms with van der Waals surface area (Å²) in [6.07, 6.45) is 7.37. The molecular weight excluding hydrogens is 264 g/mol. The molecule has 5 atom stereocenters. The van der Waals surface area contributed by atoms with Crippen LogP contribution in [-0.4, -0.2) is 41.6 Å². The van der Waals surface area contributed by atoms with Crippen molar-refractivity contribution >= 4 is 5.91 Å². The summed E-state index contributed by atoms with van der Waals surface area (Å²) in [6, 6.07) is 0.462. The lowest BCUT2D eigenvalue weighted by molar-refractivity contribution is -0.185. The second-order valence-electron chi connectivity index (χ2n) is 8.18. The molecular formula is C17H28N2O2. The van der Waals surface area contributed by atoms with Gasteiger partial charge in [-0.05, 0) is 31.6 Å². The fourth-order valence-electron chi connectivity index (χ4n) is 5.71. The summed E-state index contributed by atoms with van der Waals surface area (Å²) >= 11 is 0. The number of amides is 1. The molecule has 0 bridgehead atoms. The maximum Gasteiger partial charge on any atom is 0.243 e. The number of nitrogens with two attached hydrogens (primary N) is 1. The Hall–Kier alpha value is -0.610. The number of ether oxygens (including phenoxy) is 1. The monoisotopic (exact) mass is 292 g/mol. The molecule has 1 amide bonds. The van der Waals surface area contributed by atoms with Gasteiger partial charge < -0.3 is 15.4 Å². The Balaban J connectivity index is 1.60. The van der Waals surface area contributed by atoms with Crippen molar-refractivity contribution in [2.24, 2.45) is 23.0 Å². The van der Waals surface area contributed by atoms with E-state index in [1.165, 1.54) is 32.1 Å². The fourth-order valence-corrected chi connectivity index (χ4v) is 5.71. The highest BCUT2D eigenvalue weighted by atomic mass is 16.5. The van der Waals surface area contributed by atoms with Crippen LogP contribution in [0.15, 0.2) is 0 Å². The second-order valence-corrected chi connectivity index (χ2v) is 8.18. The lowest BCUT2D eigenvalue weighted by atomic mass is 9.47. The van der Waals surface area contributed by atoms with Crippen LogP contribution in [0.1, 0.15) is 52.4 Å². The predicted molar refractivity (Wildman–Crippen MR) is 80.6 cm³/mol. The van der Waals surface area contributed by atoms with Crippen LogP contribution in [0, 0.1) is 17.3 Å². The first kappa shape index (κ1) is 14.0. The maximum absolute atomic E-state index is 13.3. The lowest BCUT2D eigenvalue weighted by Crippen LogP contribution is -2.80. The third-order valence-electron chi connectivity index (χ3n) is 7.08. The molecule has 2 saturated heterocycles. The first-order valence-electron chi connectivity index (χ1n) is 8.69. The molecule has 2 aliphatic heterocycles. The summed E-state index contributed by atoms with van der Waals surface area (Å²) in [5.41, 5.74) is 5.79. The SMILES string of the molecule is CC1(C)C2OCCC2C1(N)C(=O)N1CCC2CCCCC21. The molecule has 0 aromatic heterocycles. The first-order valence-corrected chi connectivity index (χ1v) is 8.69. The van der Waals surface area contributed by atoms with Gasteiger partial charge in [0.2, 0.25) is 5.91 Å². The Morgan fingerprint density at radius 2 is 1.95 bits per heavy atom. The van der Waals surface area contributed by atoms with Gasteiger partial charge in [-0.25, -0.2) is 0 Å². The van der Waals surface area contributed by atoms with E-state index in [-0.39, 0.29) is 23.3 Å². The molecule has 4 heteroatoms. The van der Waals surface area contributed by atoms with Crippen LogP contribution in [0.2, 0.25) is 0 Å². The number of rotatable bonds is 1. The molecule has 21 heavy (non-hydrogen) atoms. The minimum absolute atomic E-state index is 0.177. The van der Waals surface area contributed by atoms with Crippen molar-refractivity contribution in [1.82, 2.24) is 4.90 Å². The Morgan fingerprint density at radius 3 is 2.76 bits per heavy atom. The number of nitrogens with zero attached hydrogens (tertiary/aromatic N) is 1. The van der Waals surface area contributed by atoms with Crippen LogP contribution in [-0.2, 0) is 9.53 Å². The Morgan fingerprint density at radius 1 is 1.19 bits per heavy atom. The van der Waals surface area contributed by atoms with E-state index < -0.39 is 5.54 Å². The standard InChI is InChI=1S/C17H28N2O2/c1-16(2)14-12(8-10-21-14)17(16,18)15(20)19-9-7-11-5-3-4-6-13(11)19/h11-14H,3-10,18H2,1-2H3. The van der Waals surface area contributed by atoms with Gasteiger partial charge in [0.25, 0.3) is 0 Å². The van der Waals surface area contributed by atoms with Gasteiger partial charge in [-0.15, -0.1) is 0 Å². The van der Waals surface area contributed by atoms with Crippen molar-refractivity contribution < 1.29 is 9.53 Å². The molecule has 4 nitrogen and oxygen atoms in total. The molecule has 4 rings (SSSR count). The van der Waals surface area contributed by atoms with Gasteiger partial charge in [-0.3, -0.25) is 4.79 Å². The third-order valence-corrected chi connectivity index (χ3v) is 7.08. The second kappa shape index (κ2) is 4.45. The van der Waals surface area contributed by atoms with Crippen molar-refractivity contribution in [3.8, 4) is 0 Å². The van der Waals surface area contributed by atoms with Gasteiger partial charge in [0.05, 0.1) is 6.10 Å². The molecule has 0 aromatic carbocycles. The highest BCUT2D eigenvalue weighted by molar-refractivity contribution is 5.90. The van der Waals surface area contributed by atoms with E-state index in [0.717, 1.165) is 25.5 Å². The summed E-state index contributed by atoms with van der Waals surface area (Å²) in [5, 5.41) is 0. The molecule has 2 saturated carbocycles. The van der Waals surface area contributed by atoms with Crippen LogP contribution in [0.5, 0.6) is 0 Å². The summed E-state index contributed by atoms with van der Waals surface area (Å²) in [7, 11) is 0. The first-order chi connectivity index (χ1) is 9.98. The average molecular weight is 292 g/mol. The Bertz CT molecular complexity index is 464. The quantitative estimate of drug-likeness (QED) is 0.803. The van der Waals surface area contributed by atoms with E-state index in [1.54, 1.807) is 0 Å². The van der Waals surface area contributed by atoms with E-state index >= 15 is 0 Å². The molecule has 0 radical (unpaired) electrons. The van der Waals surface area contributed by atoms with Crippen LogP contribution in [0.3, 0.4) is 0 Å². The van der Waals surface area contributed by atoms with Crippen LogP contribution >= 0.6 is 0 Å². The highest BCUT2D eigenvalue weighted by Gasteiger charge is 2.72. The molecule has 2 aliphatic carbocycles. The molecule has 5 unspecified atom stereocenters. The molecule has 2 N–H and O–H groups in total. The lowest BCUT2D eigenvalue weighted by Gasteiger charge is -2.61. The zero-order chi connectivity index (χ0) is 14.8. The van der Waals surface area contributed by atoms with Crippen LogP contribution < -0.4 is 5.73 Å². The number of likely N-dealkylation sites (tertiary alicyclic amines) is 1. The summed E-state index contributed by atoms with van der Waals surface area (Å²) < 4.78 is 5.83. The van der Waals surface area contributed by atoms with E-state index in [1.807, 2.05) is 0 Å². The van der Waals surface area contributed by atoms with Gasteiger partial charge in [-0.1, -0.05) is 26.7 Å². The van der Waals surface area contributed by atoms with Crippen molar-refractivity contribution in [1.29, 1.82) is 0 Å². The van der Waals surface area contributed by atoms with Crippen LogP contribution in [0.4, 0.5) is 0 Å². The zero-order valence-electron chi connectivity index (χ0n) is 13.3. The van der Waals surface area contributed by atoms with E-state index in [2.05, 4.69) is 18.7 Å². The highest BCUT2D eigenvalue weighted by Crippen LogP contribution is 2.59. The van der Waals surface area contributed by atoms with E-state index in [9.17, 15) is 4.79 Å². The largest absolute Gasteiger partial charge is 0.377 e. The fraction of sp³-hybridized carbons (Fsp3) is 0.941. The minimum atomic E-state index is -0.708. The van der Waals surface area contributed by atoms with E-state index in [4.69, 9.17) is 10.5 Å². The summed E-state index contributed by atoms with van der Waals surface area (Å²) in [6.45, 7) is 5.91. The Kier molecular flexibility index (Phi) is 2.97. The number of hydrogen-bond acceptors (Lipinski definition) is 3. The summed E-state index contributed by atoms with van der Waals surface area (Å²) in [5.74, 6) is 1.17. The predicted octanol–water partition coefficient (Wildman–Crippen LogP) is 1.92. The van der Waals surface area contributed by atoms with Gasteiger partial charge in [0, 0.05) is 30.5 Å². The number of carbonyl (C=O) groups is 1. The van der Waals surface area contributed by atoms with Crippen molar-refractivity contribution in [3.63, 3.8) is 0 Å². The third kappa shape index (κ3) is 1.61. The molecule has 4 aliphatic rings. The minimum Gasteiger partial charge on any atom is -0.377 e. The molecule has 118 valence electrons. The molecule has 0 spiro atoms. The van der Waals surface area contributed by atoms with E-state index in [0.29, 0.717) is 6.04 Å². The van der Waals surface area contributed by atoms with Gasteiger partial charge in [0.15, 0.2) is 0 Å². The van der Waals surface area contributed by atoms with Crippen LogP contribution in [0.25, 0.3) is 0 Å². The summed E-state index contributed by atoms with van der Waals surface area (Å²) in [4.78, 5) is 15.5. The van der Waals surface area contributed by atoms with Crippen molar-refractivity contribution in [3.05, 3.63) is 0 Å². The average Bonchev–Trinajstić information content (AvgIpc) is 3.11.